The highest BCUT2D eigenvalue weighted by molar-refractivity contribution is 8.24. The number of rotatable bonds is 2. The topological polar surface area (TPSA) is 97.0 Å². The van der Waals surface area contributed by atoms with Gasteiger partial charge in [-0.1, -0.05) is 12.1 Å². The molecule has 2 aromatic rings. The summed E-state index contributed by atoms with van der Waals surface area (Å²) < 4.78 is 25.6. The summed E-state index contributed by atoms with van der Waals surface area (Å²) in [6, 6.07) is 13.8. The molecule has 0 saturated carbocycles. The second-order valence-electron chi connectivity index (χ2n) is 9.35. The number of carbonyl (C=O) groups is 1. The predicted octanol–water partition coefficient (Wildman–Crippen LogP) is 5.05. The van der Waals surface area contributed by atoms with E-state index in [4.69, 9.17) is 10.00 Å². The minimum absolute atomic E-state index is 0.340. The van der Waals surface area contributed by atoms with Crippen LogP contribution in [0.3, 0.4) is 0 Å². The number of benzene rings is 2. The minimum Gasteiger partial charge on any atom is -0.444 e. The zero-order valence-corrected chi connectivity index (χ0v) is 19.5. The molecule has 7 nitrogen and oxygen atoms in total. The van der Waals surface area contributed by atoms with Crippen molar-refractivity contribution in [2.75, 3.05) is 29.5 Å². The second-order valence-corrected chi connectivity index (χ2v) is 11.8. The number of fused-ring (bicyclic) bond motifs is 1. The molecule has 1 saturated heterocycles. The largest absolute Gasteiger partial charge is 0.444 e. The van der Waals surface area contributed by atoms with Crippen molar-refractivity contribution < 1.29 is 18.6 Å². The van der Waals surface area contributed by atoms with Crippen LogP contribution >= 0.6 is 10.6 Å². The number of nitrogens with zero attached hydrogens (tertiary/aromatic N) is 3. The summed E-state index contributed by atoms with van der Waals surface area (Å²) in [6.07, 6.45) is -0.340. The summed E-state index contributed by atoms with van der Waals surface area (Å²) in [7, 11) is -2.48. The Kier molecular flexibility index (Phi) is 5.84. The van der Waals surface area contributed by atoms with Crippen LogP contribution in [0.2, 0.25) is 0 Å². The van der Waals surface area contributed by atoms with Gasteiger partial charge in [0.05, 0.1) is 29.7 Å². The highest BCUT2D eigenvalue weighted by Crippen LogP contribution is 2.43. The Balaban J connectivity index is 1.70. The lowest BCUT2D eigenvalue weighted by Crippen LogP contribution is -2.38. The molecule has 170 valence electrons. The van der Waals surface area contributed by atoms with Crippen LogP contribution < -0.4 is 4.90 Å². The molecule has 0 unspecified atom stereocenters. The smallest absolute Gasteiger partial charge is 0.410 e. The number of nitriles is 1. The fourth-order valence-electron chi connectivity index (χ4n) is 4.10. The standard InChI is InChI=1S/C24H29N3O4S/c1-24(2,3)31-23(28)27-15-19-12-20(26-8-10-32(29,30)11-9-26)13-21(22(19)16-27)18-6-4-17(14-25)5-7-18/h4-7,12-13,29-30H,8-11,15-16H2,1-3H3. The second kappa shape index (κ2) is 8.32. The van der Waals surface area contributed by atoms with Gasteiger partial charge in [0.15, 0.2) is 0 Å². The molecule has 1 fully saturated rings. The SMILES string of the molecule is CC(C)(C)OC(=O)N1Cc2cc(N3CCS(O)(O)CC3)cc(-c3ccc(C#N)cc3)c2C1. The van der Waals surface area contributed by atoms with Crippen molar-refractivity contribution in [3.05, 3.63) is 53.1 Å². The molecule has 0 atom stereocenters. The molecule has 2 heterocycles. The summed E-state index contributed by atoms with van der Waals surface area (Å²) in [5.41, 5.74) is 5.17. The van der Waals surface area contributed by atoms with E-state index in [1.165, 1.54) is 0 Å². The Bertz CT molecular complexity index is 1060. The molecule has 2 N–H and O–H groups in total. The molecule has 0 spiro atoms. The van der Waals surface area contributed by atoms with Gasteiger partial charge in [-0.3, -0.25) is 14.0 Å². The quantitative estimate of drug-likeness (QED) is 0.658. The monoisotopic (exact) mass is 455 g/mol. The lowest BCUT2D eigenvalue weighted by molar-refractivity contribution is 0.0242. The Morgan fingerprint density at radius 3 is 2.34 bits per heavy atom. The van der Waals surface area contributed by atoms with Gasteiger partial charge in [-0.2, -0.15) is 15.9 Å². The number of carbonyl (C=O) groups excluding carboxylic acids is 1. The number of hydrogen-bond acceptors (Lipinski definition) is 6. The zero-order valence-electron chi connectivity index (χ0n) is 18.7. The number of hydrogen-bond donors (Lipinski definition) is 2. The fourth-order valence-corrected chi connectivity index (χ4v) is 5.33. The average molecular weight is 456 g/mol. The maximum Gasteiger partial charge on any atom is 0.410 e. The minimum atomic E-state index is -2.48. The molecule has 0 aromatic heterocycles. The van der Waals surface area contributed by atoms with Crippen LogP contribution in [0.15, 0.2) is 36.4 Å². The maximum absolute atomic E-state index is 12.7. The van der Waals surface area contributed by atoms with Crippen molar-refractivity contribution in [3.8, 4) is 17.2 Å². The van der Waals surface area contributed by atoms with Crippen molar-refractivity contribution in [3.63, 3.8) is 0 Å². The van der Waals surface area contributed by atoms with Crippen molar-refractivity contribution in [1.82, 2.24) is 4.90 Å². The Labute approximate surface area is 190 Å². The van der Waals surface area contributed by atoms with E-state index in [2.05, 4.69) is 23.1 Å². The lowest BCUT2D eigenvalue weighted by Gasteiger charge is -2.42. The molecule has 0 radical (unpaired) electrons. The van der Waals surface area contributed by atoms with Gasteiger partial charge in [0.25, 0.3) is 0 Å². The van der Waals surface area contributed by atoms with E-state index < -0.39 is 16.2 Å². The van der Waals surface area contributed by atoms with Crippen molar-refractivity contribution in [2.24, 2.45) is 0 Å². The first-order chi connectivity index (χ1) is 15.0. The third-order valence-electron chi connectivity index (χ3n) is 5.76. The van der Waals surface area contributed by atoms with Gasteiger partial charge in [0, 0.05) is 25.3 Å². The number of anilines is 1. The first-order valence-corrected chi connectivity index (χ1v) is 12.6. The van der Waals surface area contributed by atoms with Gasteiger partial charge in [0.2, 0.25) is 0 Å². The van der Waals surface area contributed by atoms with E-state index in [1.54, 1.807) is 17.0 Å². The fraction of sp³-hybridized carbons (Fsp3) is 0.417. The Morgan fingerprint density at radius 2 is 1.75 bits per heavy atom. The van der Waals surface area contributed by atoms with Crippen molar-refractivity contribution in [1.29, 1.82) is 5.26 Å². The summed E-state index contributed by atoms with van der Waals surface area (Å²) in [5, 5.41) is 9.15. The predicted molar refractivity (Wildman–Crippen MR) is 127 cm³/mol. The van der Waals surface area contributed by atoms with E-state index in [0.29, 0.717) is 43.2 Å². The molecule has 0 bridgehead atoms. The van der Waals surface area contributed by atoms with Crippen LogP contribution in [-0.2, 0) is 17.8 Å². The average Bonchev–Trinajstić information content (AvgIpc) is 3.16. The number of ether oxygens (including phenoxy) is 1. The summed E-state index contributed by atoms with van der Waals surface area (Å²) >= 11 is 0. The molecule has 1 amide bonds. The molecule has 2 aliphatic heterocycles. The van der Waals surface area contributed by atoms with E-state index in [0.717, 1.165) is 27.9 Å². The van der Waals surface area contributed by atoms with Gasteiger partial charge in [0.1, 0.15) is 5.60 Å². The van der Waals surface area contributed by atoms with Crippen LogP contribution in [-0.4, -0.2) is 50.3 Å². The molecule has 2 aromatic carbocycles. The van der Waals surface area contributed by atoms with Crippen molar-refractivity contribution in [2.45, 2.75) is 39.5 Å². The van der Waals surface area contributed by atoms with Gasteiger partial charge in [-0.15, -0.1) is 0 Å². The number of amides is 1. The van der Waals surface area contributed by atoms with Crippen LogP contribution in [0.1, 0.15) is 37.5 Å². The molecule has 0 aliphatic carbocycles. The van der Waals surface area contributed by atoms with Gasteiger partial charge >= 0.3 is 6.09 Å². The maximum atomic E-state index is 12.7. The summed E-state index contributed by atoms with van der Waals surface area (Å²) in [6.45, 7) is 7.64. The first kappa shape index (κ1) is 22.5. The van der Waals surface area contributed by atoms with Crippen molar-refractivity contribution >= 4 is 22.4 Å². The van der Waals surface area contributed by atoms with E-state index in [1.807, 2.05) is 32.9 Å². The molecular formula is C24H29N3O4S. The Morgan fingerprint density at radius 1 is 1.09 bits per heavy atom. The summed E-state index contributed by atoms with van der Waals surface area (Å²) in [4.78, 5) is 16.6. The zero-order chi connectivity index (χ0) is 23.1. The van der Waals surface area contributed by atoms with E-state index in [9.17, 15) is 13.9 Å². The van der Waals surface area contributed by atoms with E-state index in [-0.39, 0.29) is 6.09 Å². The van der Waals surface area contributed by atoms with Gasteiger partial charge in [-0.05, 0) is 67.3 Å². The van der Waals surface area contributed by atoms with Gasteiger partial charge < -0.3 is 9.64 Å². The third kappa shape index (κ3) is 4.85. The highest BCUT2D eigenvalue weighted by atomic mass is 32.3. The molecular weight excluding hydrogens is 426 g/mol. The van der Waals surface area contributed by atoms with Crippen LogP contribution in [0, 0.1) is 11.3 Å². The molecule has 4 rings (SSSR count). The highest BCUT2D eigenvalue weighted by Gasteiger charge is 2.31. The van der Waals surface area contributed by atoms with Crippen LogP contribution in [0.25, 0.3) is 11.1 Å². The van der Waals surface area contributed by atoms with Crippen LogP contribution in [0.4, 0.5) is 10.5 Å². The van der Waals surface area contributed by atoms with Crippen LogP contribution in [0.5, 0.6) is 0 Å². The normalized spacial score (nSPS) is 18.6. The Hall–Kier alpha value is -2.73. The molecule has 32 heavy (non-hydrogen) atoms. The first-order valence-electron chi connectivity index (χ1n) is 10.7. The third-order valence-corrected chi connectivity index (χ3v) is 7.43. The lowest BCUT2D eigenvalue weighted by atomic mass is 9.95. The summed E-state index contributed by atoms with van der Waals surface area (Å²) in [5.74, 6) is 0.723. The van der Waals surface area contributed by atoms with Gasteiger partial charge in [-0.25, -0.2) is 4.79 Å². The molecule has 2 aliphatic rings. The molecule has 8 heteroatoms. The van der Waals surface area contributed by atoms with E-state index >= 15 is 0 Å².